The van der Waals surface area contributed by atoms with Crippen molar-refractivity contribution in [1.29, 1.82) is 0 Å². The van der Waals surface area contributed by atoms with Crippen LogP contribution in [0.4, 0.5) is 0 Å². The summed E-state index contributed by atoms with van der Waals surface area (Å²) < 4.78 is 6.05. The lowest BCUT2D eigenvalue weighted by molar-refractivity contribution is 0.0680. The first-order valence-corrected chi connectivity index (χ1v) is 3.36. The van der Waals surface area contributed by atoms with E-state index < -0.39 is 5.97 Å². The molecule has 1 aromatic rings. The molecule has 6 nitrogen and oxygen atoms in total. The summed E-state index contributed by atoms with van der Waals surface area (Å²) in [5.74, 6) is -1.03. The Labute approximate surface area is 68.8 Å². The number of ether oxygens (including phenoxy) is 1. The third-order valence-electron chi connectivity index (χ3n) is 1.34. The third kappa shape index (κ3) is 1.79. The zero-order chi connectivity index (χ0) is 8.97. The molecule has 1 rings (SSSR count). The van der Waals surface area contributed by atoms with E-state index in [9.17, 15) is 4.79 Å². The standard InChI is InChI=1S/C6H9N3O3/c1-12-3-2-9-5(6(10)11)4-7-8-9/h4H,2-3H2,1H3,(H,10,11). The summed E-state index contributed by atoms with van der Waals surface area (Å²) in [5.41, 5.74) is 0.0760. The molecular formula is C6H9N3O3. The van der Waals surface area contributed by atoms with Gasteiger partial charge in [-0.1, -0.05) is 5.21 Å². The maximum absolute atomic E-state index is 10.5. The molecule has 0 fully saturated rings. The van der Waals surface area contributed by atoms with Crippen molar-refractivity contribution in [1.82, 2.24) is 15.0 Å². The molecule has 0 aromatic carbocycles. The predicted molar refractivity (Wildman–Crippen MR) is 38.9 cm³/mol. The molecule has 0 bridgehead atoms. The molecule has 1 aromatic heterocycles. The average Bonchev–Trinajstić information content (AvgIpc) is 2.48. The number of hydrogen-bond acceptors (Lipinski definition) is 4. The van der Waals surface area contributed by atoms with Crippen molar-refractivity contribution in [2.45, 2.75) is 6.54 Å². The van der Waals surface area contributed by atoms with Crippen molar-refractivity contribution in [3.63, 3.8) is 0 Å². The SMILES string of the molecule is COCCn1nncc1C(=O)O. The lowest BCUT2D eigenvalue weighted by atomic mass is 10.5. The number of carboxylic acids is 1. The monoisotopic (exact) mass is 171 g/mol. The van der Waals surface area contributed by atoms with E-state index in [-0.39, 0.29) is 5.69 Å². The summed E-state index contributed by atoms with van der Waals surface area (Å²) in [7, 11) is 1.54. The van der Waals surface area contributed by atoms with Crippen molar-refractivity contribution in [3.05, 3.63) is 11.9 Å². The van der Waals surface area contributed by atoms with Crippen LogP contribution in [0.15, 0.2) is 6.20 Å². The number of rotatable bonds is 4. The third-order valence-corrected chi connectivity index (χ3v) is 1.34. The van der Waals surface area contributed by atoms with Crippen molar-refractivity contribution in [2.75, 3.05) is 13.7 Å². The van der Waals surface area contributed by atoms with Gasteiger partial charge in [-0.15, -0.1) is 5.10 Å². The van der Waals surface area contributed by atoms with Crippen LogP contribution in [0.25, 0.3) is 0 Å². The molecule has 0 amide bonds. The molecule has 0 unspecified atom stereocenters. The summed E-state index contributed by atoms with van der Waals surface area (Å²) in [5, 5.41) is 15.7. The quantitative estimate of drug-likeness (QED) is 0.668. The van der Waals surface area contributed by atoms with Crippen LogP contribution >= 0.6 is 0 Å². The fourth-order valence-electron chi connectivity index (χ4n) is 0.766. The molecule has 6 heteroatoms. The molecule has 0 atom stereocenters. The van der Waals surface area contributed by atoms with Crippen LogP contribution in [0.3, 0.4) is 0 Å². The minimum absolute atomic E-state index is 0.0760. The highest BCUT2D eigenvalue weighted by molar-refractivity contribution is 5.85. The lowest BCUT2D eigenvalue weighted by Crippen LogP contribution is -2.13. The Hall–Kier alpha value is -1.43. The van der Waals surface area contributed by atoms with E-state index in [2.05, 4.69) is 10.3 Å². The number of carboxylic acid groups (broad SMARTS) is 1. The van der Waals surface area contributed by atoms with Gasteiger partial charge in [0.25, 0.3) is 0 Å². The van der Waals surface area contributed by atoms with Gasteiger partial charge in [0, 0.05) is 7.11 Å². The summed E-state index contributed by atoms with van der Waals surface area (Å²) in [4.78, 5) is 10.5. The van der Waals surface area contributed by atoms with Crippen LogP contribution in [-0.2, 0) is 11.3 Å². The van der Waals surface area contributed by atoms with E-state index in [4.69, 9.17) is 9.84 Å². The number of carbonyl (C=O) groups is 1. The Balaban J connectivity index is 2.70. The first-order valence-electron chi connectivity index (χ1n) is 3.36. The van der Waals surface area contributed by atoms with E-state index in [0.717, 1.165) is 0 Å². The minimum Gasteiger partial charge on any atom is -0.476 e. The second-order valence-electron chi connectivity index (χ2n) is 2.14. The summed E-state index contributed by atoms with van der Waals surface area (Å²) in [6.07, 6.45) is 1.21. The maximum atomic E-state index is 10.5. The van der Waals surface area contributed by atoms with Crippen LogP contribution in [0.5, 0.6) is 0 Å². The number of aromatic carboxylic acids is 1. The molecule has 0 spiro atoms. The zero-order valence-electron chi connectivity index (χ0n) is 6.60. The molecule has 0 aliphatic heterocycles. The van der Waals surface area contributed by atoms with Crippen LogP contribution in [-0.4, -0.2) is 39.8 Å². The molecule has 12 heavy (non-hydrogen) atoms. The van der Waals surface area contributed by atoms with E-state index in [1.54, 1.807) is 0 Å². The largest absolute Gasteiger partial charge is 0.476 e. The normalized spacial score (nSPS) is 10.1. The van der Waals surface area contributed by atoms with E-state index in [1.807, 2.05) is 0 Å². The Bertz CT molecular complexity index is 271. The predicted octanol–water partition coefficient (Wildman–Crippen LogP) is -0.377. The molecule has 0 aliphatic carbocycles. The van der Waals surface area contributed by atoms with Gasteiger partial charge in [0.1, 0.15) is 0 Å². The van der Waals surface area contributed by atoms with Crippen molar-refractivity contribution in [3.8, 4) is 0 Å². The van der Waals surface area contributed by atoms with Crippen LogP contribution in [0.2, 0.25) is 0 Å². The van der Waals surface area contributed by atoms with Gasteiger partial charge in [0.15, 0.2) is 5.69 Å². The number of aromatic nitrogens is 3. The van der Waals surface area contributed by atoms with E-state index >= 15 is 0 Å². The Kier molecular flexibility index (Phi) is 2.76. The van der Waals surface area contributed by atoms with Crippen molar-refractivity contribution in [2.24, 2.45) is 0 Å². The highest BCUT2D eigenvalue weighted by Gasteiger charge is 2.10. The highest BCUT2D eigenvalue weighted by atomic mass is 16.5. The van der Waals surface area contributed by atoms with Gasteiger partial charge in [0.05, 0.1) is 19.3 Å². The Morgan fingerprint density at radius 1 is 1.83 bits per heavy atom. The fourth-order valence-corrected chi connectivity index (χ4v) is 0.766. The summed E-state index contributed by atoms with van der Waals surface area (Å²) in [6, 6.07) is 0. The Morgan fingerprint density at radius 2 is 2.58 bits per heavy atom. The first-order chi connectivity index (χ1) is 5.75. The van der Waals surface area contributed by atoms with Crippen LogP contribution in [0, 0.1) is 0 Å². The average molecular weight is 171 g/mol. The smallest absolute Gasteiger partial charge is 0.355 e. The molecule has 0 aliphatic rings. The van der Waals surface area contributed by atoms with Gasteiger partial charge in [-0.3, -0.25) is 0 Å². The van der Waals surface area contributed by atoms with Crippen molar-refractivity contribution >= 4 is 5.97 Å². The molecule has 66 valence electrons. The van der Waals surface area contributed by atoms with E-state index in [0.29, 0.717) is 13.2 Å². The number of hydrogen-bond donors (Lipinski definition) is 1. The second kappa shape index (κ2) is 3.82. The molecule has 0 radical (unpaired) electrons. The van der Waals surface area contributed by atoms with Crippen LogP contribution in [0.1, 0.15) is 10.5 Å². The van der Waals surface area contributed by atoms with E-state index in [1.165, 1.54) is 18.0 Å². The van der Waals surface area contributed by atoms with Crippen molar-refractivity contribution < 1.29 is 14.6 Å². The molecule has 1 heterocycles. The molecule has 0 saturated carbocycles. The summed E-state index contributed by atoms with van der Waals surface area (Å²) >= 11 is 0. The summed E-state index contributed by atoms with van der Waals surface area (Å²) in [6.45, 7) is 0.821. The molecular weight excluding hydrogens is 162 g/mol. The fraction of sp³-hybridized carbons (Fsp3) is 0.500. The zero-order valence-corrected chi connectivity index (χ0v) is 6.60. The number of nitrogens with zero attached hydrogens (tertiary/aromatic N) is 3. The molecule has 0 saturated heterocycles. The van der Waals surface area contributed by atoms with Gasteiger partial charge in [-0.25, -0.2) is 9.48 Å². The van der Waals surface area contributed by atoms with Gasteiger partial charge >= 0.3 is 5.97 Å². The number of methoxy groups -OCH3 is 1. The Morgan fingerprint density at radius 3 is 3.17 bits per heavy atom. The van der Waals surface area contributed by atoms with Gasteiger partial charge in [0.2, 0.25) is 0 Å². The first kappa shape index (κ1) is 8.66. The van der Waals surface area contributed by atoms with Gasteiger partial charge in [-0.2, -0.15) is 0 Å². The molecule has 1 N–H and O–H groups in total. The highest BCUT2D eigenvalue weighted by Crippen LogP contribution is 1.95. The second-order valence-corrected chi connectivity index (χ2v) is 2.14. The minimum atomic E-state index is -1.03. The van der Waals surface area contributed by atoms with Gasteiger partial charge < -0.3 is 9.84 Å². The van der Waals surface area contributed by atoms with Crippen LogP contribution < -0.4 is 0 Å². The van der Waals surface area contributed by atoms with Gasteiger partial charge in [-0.05, 0) is 0 Å². The topological polar surface area (TPSA) is 77.2 Å². The lowest BCUT2D eigenvalue weighted by Gasteiger charge is -2.00. The maximum Gasteiger partial charge on any atom is 0.355 e.